The van der Waals surface area contributed by atoms with Gasteiger partial charge in [-0.3, -0.25) is 9.59 Å². The normalized spacial score (nSPS) is 13.2. The number of alkyl halides is 3. The summed E-state index contributed by atoms with van der Waals surface area (Å²) in [5.41, 5.74) is -3.59. The van der Waals surface area contributed by atoms with Gasteiger partial charge in [-0.05, 0) is 36.6 Å². The Bertz CT molecular complexity index is 1720. The second kappa shape index (κ2) is 8.95. The molecule has 4 aromatic rings. The van der Waals surface area contributed by atoms with Crippen LogP contribution in [0.15, 0.2) is 78.9 Å². The number of ketones is 2. The van der Waals surface area contributed by atoms with Crippen molar-refractivity contribution in [2.75, 3.05) is 0 Å². The van der Waals surface area contributed by atoms with Crippen molar-refractivity contribution in [3.8, 4) is 28.0 Å². The number of rotatable bonds is 4. The van der Waals surface area contributed by atoms with Gasteiger partial charge in [-0.15, -0.1) is 0 Å². The molecule has 0 aromatic heterocycles. The molecular formula is C29H19F3O5S. The Morgan fingerprint density at radius 2 is 1.11 bits per heavy atom. The zero-order chi connectivity index (χ0) is 27.4. The van der Waals surface area contributed by atoms with Gasteiger partial charge in [-0.25, -0.2) is 0 Å². The van der Waals surface area contributed by atoms with E-state index in [-0.39, 0.29) is 38.9 Å². The second-order valence-corrected chi connectivity index (χ2v) is 10.5. The summed E-state index contributed by atoms with van der Waals surface area (Å²) in [5.74, 6) is -1.85. The number of aryl methyl sites for hydroxylation is 2. The van der Waals surface area contributed by atoms with Gasteiger partial charge in [0, 0.05) is 27.8 Å². The van der Waals surface area contributed by atoms with Crippen LogP contribution in [0.25, 0.3) is 22.3 Å². The molecule has 1 aliphatic carbocycles. The van der Waals surface area contributed by atoms with Crippen LogP contribution in [0.2, 0.25) is 0 Å². The van der Waals surface area contributed by atoms with Crippen LogP contribution in [0.4, 0.5) is 13.2 Å². The maximum absolute atomic E-state index is 13.9. The maximum atomic E-state index is 13.9. The quantitative estimate of drug-likeness (QED) is 0.190. The molecule has 0 heterocycles. The average molecular weight is 537 g/mol. The molecule has 0 bridgehead atoms. The van der Waals surface area contributed by atoms with E-state index in [1.54, 1.807) is 55.5 Å². The number of fused-ring (bicyclic) bond motifs is 2. The highest BCUT2D eigenvalue weighted by Gasteiger charge is 2.49. The molecule has 0 unspecified atom stereocenters. The van der Waals surface area contributed by atoms with Gasteiger partial charge in [-0.1, -0.05) is 83.9 Å². The van der Waals surface area contributed by atoms with Crippen LogP contribution in [-0.4, -0.2) is 25.5 Å². The summed E-state index contributed by atoms with van der Waals surface area (Å²) in [6, 6.07) is 20.3. The SMILES string of the molecule is Cc1ccc(-c2cc(OS(=O)(=O)C(F)(F)F)c(-c3ccc(C)cc3)c3c2C(=O)c2ccccc2C3=O)cc1. The van der Waals surface area contributed by atoms with Crippen molar-refractivity contribution in [1.29, 1.82) is 0 Å². The van der Waals surface area contributed by atoms with E-state index < -0.39 is 32.9 Å². The molecule has 0 saturated heterocycles. The van der Waals surface area contributed by atoms with Crippen LogP contribution in [-0.2, 0) is 10.1 Å². The highest BCUT2D eigenvalue weighted by molar-refractivity contribution is 7.88. The number of benzene rings is 4. The third-order valence-electron chi connectivity index (χ3n) is 6.35. The van der Waals surface area contributed by atoms with Crippen LogP contribution in [0, 0.1) is 13.8 Å². The highest BCUT2D eigenvalue weighted by atomic mass is 32.2. The first-order valence-electron chi connectivity index (χ1n) is 11.4. The summed E-state index contributed by atoms with van der Waals surface area (Å²) in [6.07, 6.45) is 0. The van der Waals surface area contributed by atoms with Gasteiger partial charge in [0.25, 0.3) is 0 Å². The lowest BCUT2D eigenvalue weighted by Crippen LogP contribution is -2.29. The first-order valence-corrected chi connectivity index (χ1v) is 12.8. The van der Waals surface area contributed by atoms with E-state index in [1.165, 1.54) is 24.3 Å². The van der Waals surface area contributed by atoms with Crippen molar-refractivity contribution in [3.05, 3.63) is 112 Å². The van der Waals surface area contributed by atoms with Crippen molar-refractivity contribution < 1.29 is 35.4 Å². The van der Waals surface area contributed by atoms with Gasteiger partial charge >= 0.3 is 15.6 Å². The lowest BCUT2D eigenvalue weighted by atomic mass is 9.77. The lowest BCUT2D eigenvalue weighted by Gasteiger charge is -2.25. The van der Waals surface area contributed by atoms with Crippen LogP contribution >= 0.6 is 0 Å². The Morgan fingerprint density at radius 1 is 0.632 bits per heavy atom. The zero-order valence-electron chi connectivity index (χ0n) is 20.1. The molecule has 0 atom stereocenters. The van der Waals surface area contributed by atoms with E-state index in [2.05, 4.69) is 4.18 Å². The second-order valence-electron chi connectivity index (χ2n) is 8.97. The van der Waals surface area contributed by atoms with Crippen molar-refractivity contribution in [2.45, 2.75) is 19.4 Å². The smallest absolute Gasteiger partial charge is 0.375 e. The predicted molar refractivity (Wildman–Crippen MR) is 136 cm³/mol. The Balaban J connectivity index is 1.93. The molecule has 5 rings (SSSR count). The molecule has 5 nitrogen and oxygen atoms in total. The molecule has 38 heavy (non-hydrogen) atoms. The zero-order valence-corrected chi connectivity index (χ0v) is 20.9. The van der Waals surface area contributed by atoms with E-state index in [1.807, 2.05) is 6.92 Å². The molecule has 4 aromatic carbocycles. The van der Waals surface area contributed by atoms with Gasteiger partial charge < -0.3 is 4.18 Å². The summed E-state index contributed by atoms with van der Waals surface area (Å²) in [5, 5.41) is 0. The summed E-state index contributed by atoms with van der Waals surface area (Å²) >= 11 is 0. The van der Waals surface area contributed by atoms with Crippen molar-refractivity contribution in [3.63, 3.8) is 0 Å². The summed E-state index contributed by atoms with van der Waals surface area (Å²) in [4.78, 5) is 27.7. The molecule has 9 heteroatoms. The minimum absolute atomic E-state index is 0.0371. The van der Waals surface area contributed by atoms with E-state index >= 15 is 0 Å². The topological polar surface area (TPSA) is 77.5 Å². The van der Waals surface area contributed by atoms with Gasteiger partial charge in [0.2, 0.25) is 0 Å². The molecule has 192 valence electrons. The number of halogens is 3. The molecule has 0 spiro atoms. The molecular weight excluding hydrogens is 517 g/mol. The van der Waals surface area contributed by atoms with Crippen LogP contribution in [0.3, 0.4) is 0 Å². The molecule has 1 aliphatic rings. The van der Waals surface area contributed by atoms with Crippen molar-refractivity contribution in [2.24, 2.45) is 0 Å². The van der Waals surface area contributed by atoms with E-state index in [9.17, 15) is 31.2 Å². The minimum atomic E-state index is -6.11. The van der Waals surface area contributed by atoms with Gasteiger partial charge in [-0.2, -0.15) is 21.6 Å². The third kappa shape index (κ3) is 4.18. The Morgan fingerprint density at radius 3 is 1.61 bits per heavy atom. The van der Waals surface area contributed by atoms with Gasteiger partial charge in [0.05, 0.1) is 0 Å². The Hall–Kier alpha value is -4.24. The first kappa shape index (κ1) is 25.4. The van der Waals surface area contributed by atoms with Gasteiger partial charge in [0.15, 0.2) is 17.3 Å². The summed E-state index contributed by atoms with van der Waals surface area (Å²) < 4.78 is 69.3. The van der Waals surface area contributed by atoms with Crippen LogP contribution in [0.5, 0.6) is 5.75 Å². The van der Waals surface area contributed by atoms with E-state index in [4.69, 9.17) is 0 Å². The summed E-state index contributed by atoms with van der Waals surface area (Å²) in [7, 11) is -6.11. The molecule has 0 amide bonds. The maximum Gasteiger partial charge on any atom is 0.534 e. The lowest BCUT2D eigenvalue weighted by molar-refractivity contribution is -0.0499. The number of hydrogen-bond acceptors (Lipinski definition) is 5. The van der Waals surface area contributed by atoms with Crippen molar-refractivity contribution in [1.82, 2.24) is 0 Å². The number of carbonyl (C=O) groups excluding carboxylic acids is 2. The Labute approximate surface area is 216 Å². The van der Waals surface area contributed by atoms with E-state index in [0.29, 0.717) is 5.56 Å². The first-order chi connectivity index (χ1) is 17.9. The number of carbonyl (C=O) groups is 2. The fourth-order valence-electron chi connectivity index (χ4n) is 4.47. The molecule has 0 fully saturated rings. The molecule has 0 aliphatic heterocycles. The Kier molecular flexibility index (Phi) is 5.99. The molecule has 0 saturated carbocycles. The van der Waals surface area contributed by atoms with Gasteiger partial charge in [0.1, 0.15) is 0 Å². The van der Waals surface area contributed by atoms with Crippen LogP contribution in [0.1, 0.15) is 43.0 Å². The van der Waals surface area contributed by atoms with Crippen LogP contribution < -0.4 is 4.18 Å². The predicted octanol–water partition coefficient (Wildman–Crippen LogP) is 6.64. The van der Waals surface area contributed by atoms with Crippen molar-refractivity contribution >= 4 is 21.7 Å². The largest absolute Gasteiger partial charge is 0.534 e. The van der Waals surface area contributed by atoms with E-state index in [0.717, 1.165) is 17.2 Å². The third-order valence-corrected chi connectivity index (χ3v) is 7.31. The fourth-order valence-corrected chi connectivity index (χ4v) is 4.93. The molecule has 0 radical (unpaired) electrons. The average Bonchev–Trinajstić information content (AvgIpc) is 2.87. The minimum Gasteiger partial charge on any atom is -0.375 e. The summed E-state index contributed by atoms with van der Waals surface area (Å²) in [6.45, 7) is 3.62. The highest BCUT2D eigenvalue weighted by Crippen LogP contribution is 2.46. The fraction of sp³-hybridized carbons (Fsp3) is 0.103. The molecule has 0 N–H and O–H groups in total. The standard InChI is InChI=1S/C29H19F3O5S/c1-16-7-11-18(12-8-16)22-15-23(37-38(35,36)29(30,31)32)24(19-13-9-17(2)10-14-19)26-25(22)27(33)20-5-3-4-6-21(20)28(26)34/h3-15H,1-2H3. The number of hydrogen-bond donors (Lipinski definition) is 0. The monoisotopic (exact) mass is 536 g/mol.